The van der Waals surface area contributed by atoms with Crippen molar-refractivity contribution in [2.45, 2.75) is 31.2 Å². The number of rotatable bonds is 6. The molecule has 8 heteroatoms. The number of halogens is 1. The number of amidine groups is 1. The Morgan fingerprint density at radius 2 is 1.82 bits per heavy atom. The maximum absolute atomic E-state index is 13.7. The molecule has 1 amide bonds. The topological polar surface area (TPSA) is 87.6 Å². The normalized spacial score (nSPS) is 17.2. The first kappa shape index (κ1) is 20.0. The summed E-state index contributed by atoms with van der Waals surface area (Å²) in [4.78, 5) is 17.2. The van der Waals surface area contributed by atoms with Crippen LogP contribution in [0.2, 0.25) is 0 Å². The third-order valence-electron chi connectivity index (χ3n) is 4.48. The predicted octanol–water partition coefficient (Wildman–Crippen LogP) is 2.25. The summed E-state index contributed by atoms with van der Waals surface area (Å²) in [6.07, 6.45) is 0.356. The number of hydrogen-bond donors (Lipinski definition) is 2. The minimum Gasteiger partial charge on any atom is -0.354 e. The Bertz CT molecular complexity index is 1020. The van der Waals surface area contributed by atoms with Crippen LogP contribution in [-0.4, -0.2) is 32.7 Å². The Morgan fingerprint density at radius 3 is 2.54 bits per heavy atom. The second-order valence-corrected chi connectivity index (χ2v) is 8.55. The van der Waals surface area contributed by atoms with E-state index in [2.05, 4.69) is 15.0 Å². The highest BCUT2D eigenvalue weighted by molar-refractivity contribution is 7.90. The Balaban J connectivity index is 1.74. The molecule has 0 spiro atoms. The van der Waals surface area contributed by atoms with E-state index in [1.807, 2.05) is 13.8 Å². The van der Waals surface area contributed by atoms with Crippen LogP contribution in [0, 0.1) is 11.7 Å². The number of sulfonamides is 1. The molecule has 0 saturated heterocycles. The smallest absolute Gasteiger partial charge is 0.263 e. The quantitative estimate of drug-likeness (QED) is 0.776. The van der Waals surface area contributed by atoms with E-state index in [1.54, 1.807) is 36.4 Å². The van der Waals surface area contributed by atoms with Crippen LogP contribution < -0.4 is 10.0 Å². The lowest BCUT2D eigenvalue weighted by Crippen LogP contribution is -2.39. The van der Waals surface area contributed by atoms with E-state index in [9.17, 15) is 17.6 Å². The van der Waals surface area contributed by atoms with Gasteiger partial charge in [-0.3, -0.25) is 14.5 Å². The van der Waals surface area contributed by atoms with Crippen LogP contribution in [0.5, 0.6) is 0 Å². The zero-order valence-electron chi connectivity index (χ0n) is 15.6. The summed E-state index contributed by atoms with van der Waals surface area (Å²) >= 11 is 0. The number of carbonyl (C=O) groups excluding carboxylic acids is 1. The van der Waals surface area contributed by atoms with Crippen LogP contribution in [0.3, 0.4) is 0 Å². The molecule has 0 saturated carbocycles. The number of fused-ring (bicyclic) bond motifs is 1. The maximum Gasteiger partial charge on any atom is 0.263 e. The van der Waals surface area contributed by atoms with Gasteiger partial charge in [-0.05, 0) is 36.1 Å². The van der Waals surface area contributed by atoms with E-state index >= 15 is 0 Å². The molecular formula is C20H22FN3O3S. The Labute approximate surface area is 163 Å². The van der Waals surface area contributed by atoms with Crippen LogP contribution in [0.25, 0.3) is 0 Å². The van der Waals surface area contributed by atoms with Crippen molar-refractivity contribution in [1.29, 1.82) is 0 Å². The molecule has 1 heterocycles. The molecule has 3 rings (SSSR count). The van der Waals surface area contributed by atoms with E-state index in [1.165, 1.54) is 12.1 Å². The maximum atomic E-state index is 13.7. The van der Waals surface area contributed by atoms with Crippen LogP contribution >= 0.6 is 0 Å². The number of nitrogens with one attached hydrogen (secondary N) is 2. The van der Waals surface area contributed by atoms with Crippen molar-refractivity contribution >= 4 is 21.8 Å². The molecule has 1 unspecified atom stereocenters. The first-order valence-electron chi connectivity index (χ1n) is 9.01. The van der Waals surface area contributed by atoms with Crippen LogP contribution in [0.1, 0.15) is 25.0 Å². The molecule has 2 aromatic carbocycles. The predicted molar refractivity (Wildman–Crippen MR) is 105 cm³/mol. The molecule has 28 heavy (non-hydrogen) atoms. The molecule has 0 radical (unpaired) electrons. The molecule has 148 valence electrons. The molecule has 0 fully saturated rings. The van der Waals surface area contributed by atoms with Crippen LogP contribution in [0.4, 0.5) is 4.39 Å². The summed E-state index contributed by atoms with van der Waals surface area (Å²) in [7, 11) is -3.66. The van der Waals surface area contributed by atoms with Gasteiger partial charge in [0.05, 0.1) is 4.90 Å². The van der Waals surface area contributed by atoms with Gasteiger partial charge >= 0.3 is 0 Å². The van der Waals surface area contributed by atoms with Crippen LogP contribution in [-0.2, 0) is 21.2 Å². The number of aliphatic imine (C=N–C) groups is 1. The SMILES string of the molecule is CC(C)C(N=C1NS(=O)(=O)c2ccccc21)C(=O)NCCc1ccccc1F. The molecular weight excluding hydrogens is 381 g/mol. The van der Waals surface area contributed by atoms with Crippen molar-refractivity contribution in [1.82, 2.24) is 10.0 Å². The summed E-state index contributed by atoms with van der Waals surface area (Å²) in [5.41, 5.74) is 0.972. The van der Waals surface area contributed by atoms with Crippen molar-refractivity contribution < 1.29 is 17.6 Å². The van der Waals surface area contributed by atoms with Gasteiger partial charge in [-0.1, -0.05) is 44.2 Å². The Kier molecular flexibility index (Phi) is 5.79. The summed E-state index contributed by atoms with van der Waals surface area (Å²) < 4.78 is 40.5. The Hall–Kier alpha value is -2.74. The van der Waals surface area contributed by atoms with Gasteiger partial charge in [0.25, 0.3) is 10.0 Å². The van der Waals surface area contributed by atoms with Crippen molar-refractivity contribution in [3.8, 4) is 0 Å². The van der Waals surface area contributed by atoms with E-state index in [0.29, 0.717) is 17.5 Å². The molecule has 1 aliphatic heterocycles. The lowest BCUT2D eigenvalue weighted by molar-refractivity contribution is -0.123. The second-order valence-electron chi connectivity index (χ2n) is 6.90. The molecule has 0 aliphatic carbocycles. The second kappa shape index (κ2) is 8.10. The third kappa shape index (κ3) is 4.22. The number of carbonyl (C=O) groups is 1. The number of benzene rings is 2. The fourth-order valence-electron chi connectivity index (χ4n) is 3.01. The van der Waals surface area contributed by atoms with E-state index in [0.717, 1.165) is 0 Å². The lowest BCUT2D eigenvalue weighted by Gasteiger charge is -2.17. The zero-order chi connectivity index (χ0) is 20.3. The number of amides is 1. The molecule has 1 atom stereocenters. The number of nitrogens with zero attached hydrogens (tertiary/aromatic N) is 1. The van der Waals surface area contributed by atoms with Crippen molar-refractivity contribution in [3.05, 3.63) is 65.5 Å². The highest BCUT2D eigenvalue weighted by Gasteiger charge is 2.32. The third-order valence-corrected chi connectivity index (χ3v) is 5.88. The monoisotopic (exact) mass is 403 g/mol. The largest absolute Gasteiger partial charge is 0.354 e. The average Bonchev–Trinajstić information content (AvgIpc) is 2.91. The number of hydrogen-bond acceptors (Lipinski definition) is 4. The van der Waals surface area contributed by atoms with Gasteiger partial charge in [0, 0.05) is 12.1 Å². The molecule has 2 aromatic rings. The molecule has 1 aliphatic rings. The zero-order valence-corrected chi connectivity index (χ0v) is 16.5. The van der Waals surface area contributed by atoms with Crippen molar-refractivity contribution in [2.75, 3.05) is 6.54 Å². The first-order valence-corrected chi connectivity index (χ1v) is 10.5. The summed E-state index contributed by atoms with van der Waals surface area (Å²) in [5, 5.41) is 2.77. The first-order chi connectivity index (χ1) is 13.3. The standard InChI is InChI=1S/C20H22FN3O3S/c1-13(2)18(20(25)22-12-11-14-7-3-5-9-16(14)21)23-19-15-8-4-6-10-17(15)28(26,27)24-19/h3-10,13,18H,11-12H2,1-2H3,(H,22,25)(H,23,24). The highest BCUT2D eigenvalue weighted by Crippen LogP contribution is 2.23. The van der Waals surface area contributed by atoms with Gasteiger partial charge in [-0.15, -0.1) is 0 Å². The minimum atomic E-state index is -3.66. The van der Waals surface area contributed by atoms with E-state index in [4.69, 9.17) is 0 Å². The molecule has 6 nitrogen and oxygen atoms in total. The highest BCUT2D eigenvalue weighted by atomic mass is 32.2. The van der Waals surface area contributed by atoms with Gasteiger partial charge in [0.1, 0.15) is 17.7 Å². The molecule has 0 bridgehead atoms. The molecule has 0 aromatic heterocycles. The van der Waals surface area contributed by atoms with E-state index < -0.39 is 16.1 Å². The van der Waals surface area contributed by atoms with Gasteiger partial charge < -0.3 is 5.32 Å². The lowest BCUT2D eigenvalue weighted by atomic mass is 10.0. The van der Waals surface area contributed by atoms with E-state index in [-0.39, 0.29) is 34.9 Å². The van der Waals surface area contributed by atoms with Gasteiger partial charge in [-0.2, -0.15) is 0 Å². The summed E-state index contributed by atoms with van der Waals surface area (Å²) in [6, 6.07) is 12.1. The Morgan fingerprint density at radius 1 is 1.14 bits per heavy atom. The fourth-order valence-corrected chi connectivity index (χ4v) is 4.24. The van der Waals surface area contributed by atoms with Crippen molar-refractivity contribution in [2.24, 2.45) is 10.9 Å². The fraction of sp³-hybridized carbons (Fsp3) is 0.300. The average molecular weight is 403 g/mol. The van der Waals surface area contributed by atoms with Gasteiger partial charge in [0.15, 0.2) is 0 Å². The van der Waals surface area contributed by atoms with Gasteiger partial charge in [-0.25, -0.2) is 12.8 Å². The summed E-state index contributed by atoms with van der Waals surface area (Å²) in [5.74, 6) is -0.631. The molecule has 2 N–H and O–H groups in total. The van der Waals surface area contributed by atoms with Crippen molar-refractivity contribution in [3.63, 3.8) is 0 Å². The minimum absolute atomic E-state index is 0.149. The van der Waals surface area contributed by atoms with Crippen LogP contribution in [0.15, 0.2) is 58.4 Å². The summed E-state index contributed by atoms with van der Waals surface area (Å²) in [6.45, 7) is 3.93. The van der Waals surface area contributed by atoms with Gasteiger partial charge in [0.2, 0.25) is 5.91 Å².